The molecule has 11 heteroatoms. The number of nitrogens with zero attached hydrogens (tertiary/aromatic N) is 2. The van der Waals surface area contributed by atoms with Crippen LogP contribution in [-0.4, -0.2) is 41.2 Å². The van der Waals surface area contributed by atoms with Crippen LogP contribution in [0.1, 0.15) is 62.2 Å². The van der Waals surface area contributed by atoms with Crippen LogP contribution in [0.5, 0.6) is 5.88 Å². The van der Waals surface area contributed by atoms with Gasteiger partial charge < -0.3 is 10.1 Å². The quantitative estimate of drug-likeness (QED) is 0.608. The summed E-state index contributed by atoms with van der Waals surface area (Å²) in [7, 11) is -4.06. The number of aromatic nitrogens is 2. The van der Waals surface area contributed by atoms with E-state index in [9.17, 15) is 26.4 Å². The van der Waals surface area contributed by atoms with Crippen molar-refractivity contribution in [3.8, 4) is 5.88 Å². The van der Waals surface area contributed by atoms with E-state index in [0.717, 1.165) is 12.1 Å². The van der Waals surface area contributed by atoms with Gasteiger partial charge in [0.2, 0.25) is 5.88 Å². The third-order valence-corrected chi connectivity index (χ3v) is 8.81. The van der Waals surface area contributed by atoms with Crippen LogP contribution in [0.4, 0.5) is 13.2 Å². The molecular weight excluding hydrogens is 471 g/mol. The minimum absolute atomic E-state index is 0.127. The molecule has 1 fully saturated rings. The lowest BCUT2D eigenvalue weighted by Gasteiger charge is -2.44. The third kappa shape index (κ3) is 5.03. The van der Waals surface area contributed by atoms with Crippen molar-refractivity contribution in [2.45, 2.75) is 75.4 Å². The van der Waals surface area contributed by atoms with E-state index in [0.29, 0.717) is 30.4 Å². The molecule has 1 aromatic heterocycles. The Kier molecular flexibility index (Phi) is 6.99. The van der Waals surface area contributed by atoms with Gasteiger partial charge in [0, 0.05) is 11.6 Å². The molecular formula is C23H28F3N3O4S. The maximum Gasteiger partial charge on any atom is 0.416 e. The number of benzene rings is 1. The lowest BCUT2D eigenvalue weighted by Crippen LogP contribution is -2.53. The molecule has 1 amide bonds. The van der Waals surface area contributed by atoms with Crippen molar-refractivity contribution in [3.63, 3.8) is 0 Å². The number of sulfone groups is 1. The monoisotopic (exact) mass is 499 g/mol. The Morgan fingerprint density at radius 1 is 1.18 bits per heavy atom. The zero-order chi connectivity index (χ0) is 25.5. The van der Waals surface area contributed by atoms with Crippen molar-refractivity contribution in [2.75, 3.05) is 0 Å². The molecule has 1 aliphatic carbocycles. The molecule has 0 radical (unpaired) electrons. The zero-order valence-electron chi connectivity index (χ0n) is 19.6. The van der Waals surface area contributed by atoms with E-state index in [4.69, 9.17) is 4.74 Å². The first-order valence-electron chi connectivity index (χ1n) is 10.9. The Balaban J connectivity index is 1.70. The largest absolute Gasteiger partial charge is 0.475 e. The maximum atomic E-state index is 13.2. The fraction of sp³-hybridized carbons (Fsp3) is 0.522. The molecule has 186 valence electrons. The summed E-state index contributed by atoms with van der Waals surface area (Å²) in [6, 6.07) is 3.50. The number of halogens is 3. The van der Waals surface area contributed by atoms with Gasteiger partial charge in [-0.3, -0.25) is 4.79 Å². The number of amides is 1. The van der Waals surface area contributed by atoms with Crippen LogP contribution in [0.2, 0.25) is 0 Å². The molecule has 7 nitrogen and oxygen atoms in total. The number of hydrogen-bond acceptors (Lipinski definition) is 6. The van der Waals surface area contributed by atoms with E-state index in [1.165, 1.54) is 26.2 Å². The fourth-order valence-electron chi connectivity index (χ4n) is 3.92. The average Bonchev–Trinajstić information content (AvgIpc) is 2.70. The van der Waals surface area contributed by atoms with Gasteiger partial charge in [-0.05, 0) is 71.6 Å². The fourth-order valence-corrected chi connectivity index (χ4v) is 5.70. The second-order valence-electron chi connectivity index (χ2n) is 9.29. The number of alkyl halides is 3. The molecule has 0 spiro atoms. The highest BCUT2D eigenvalue weighted by atomic mass is 32.2. The van der Waals surface area contributed by atoms with Crippen LogP contribution >= 0.6 is 0 Å². The summed E-state index contributed by atoms with van der Waals surface area (Å²) >= 11 is 0. The SMILES string of the molecule is Cc1c(OC(C)C)ncnc1C(=O)N[C@H]1C[C@@H](C(C)(C)S(=O)(=O)c2cccc(C(F)(F)F)c2)C1. The standard InChI is InChI=1S/C23H28F3N3O4S/c1-13(2)33-21-14(3)19(27-12-28-21)20(30)29-17-9-16(10-17)22(4,5)34(31,32)18-8-6-7-15(11-18)23(24,25)26/h6-8,11-13,16-17H,9-10H2,1-5H3,(H,29,30)/t16-,17+. The second-order valence-corrected chi connectivity index (χ2v) is 11.8. The predicted molar refractivity (Wildman–Crippen MR) is 119 cm³/mol. The summed E-state index contributed by atoms with van der Waals surface area (Å²) in [4.78, 5) is 20.5. The highest BCUT2D eigenvalue weighted by Gasteiger charge is 2.49. The van der Waals surface area contributed by atoms with Crippen molar-refractivity contribution in [2.24, 2.45) is 5.92 Å². The highest BCUT2D eigenvalue weighted by Crippen LogP contribution is 2.44. The van der Waals surface area contributed by atoms with Crippen molar-refractivity contribution >= 4 is 15.7 Å². The Morgan fingerprint density at radius 3 is 2.41 bits per heavy atom. The first kappa shape index (κ1) is 25.9. The van der Waals surface area contributed by atoms with Gasteiger partial charge in [-0.1, -0.05) is 6.07 Å². The van der Waals surface area contributed by atoms with Gasteiger partial charge in [0.25, 0.3) is 5.91 Å². The van der Waals surface area contributed by atoms with Crippen LogP contribution in [0.15, 0.2) is 35.5 Å². The van der Waals surface area contributed by atoms with Crippen molar-refractivity contribution < 1.29 is 31.1 Å². The molecule has 0 unspecified atom stereocenters. The molecule has 2 aromatic rings. The van der Waals surface area contributed by atoms with Gasteiger partial charge in [-0.15, -0.1) is 0 Å². The molecule has 1 N–H and O–H groups in total. The van der Waals surface area contributed by atoms with Crippen LogP contribution in [0.25, 0.3) is 0 Å². The molecule has 0 bridgehead atoms. The molecule has 0 saturated heterocycles. The lowest BCUT2D eigenvalue weighted by molar-refractivity contribution is -0.137. The van der Waals surface area contributed by atoms with E-state index in [2.05, 4.69) is 15.3 Å². The van der Waals surface area contributed by atoms with Gasteiger partial charge in [0.1, 0.15) is 12.0 Å². The number of ether oxygens (including phenoxy) is 1. The normalized spacial score (nSPS) is 19.0. The van der Waals surface area contributed by atoms with E-state index < -0.39 is 32.2 Å². The number of carbonyl (C=O) groups is 1. The van der Waals surface area contributed by atoms with Gasteiger partial charge in [0.15, 0.2) is 9.84 Å². The number of rotatable bonds is 7. The topological polar surface area (TPSA) is 98.2 Å². The Labute approximate surface area is 197 Å². The summed E-state index contributed by atoms with van der Waals surface area (Å²) in [5.41, 5.74) is -0.342. The Morgan fingerprint density at radius 2 is 1.82 bits per heavy atom. The van der Waals surface area contributed by atoms with Gasteiger partial charge in [-0.2, -0.15) is 13.2 Å². The zero-order valence-corrected chi connectivity index (χ0v) is 20.4. The van der Waals surface area contributed by atoms with E-state index >= 15 is 0 Å². The summed E-state index contributed by atoms with van der Waals surface area (Å²) in [6.07, 6.45) is -2.78. The summed E-state index contributed by atoms with van der Waals surface area (Å²) in [6.45, 7) is 8.38. The minimum Gasteiger partial charge on any atom is -0.475 e. The smallest absolute Gasteiger partial charge is 0.416 e. The first-order chi connectivity index (χ1) is 15.6. The summed E-state index contributed by atoms with van der Waals surface area (Å²) in [5.74, 6) is -0.450. The van der Waals surface area contributed by atoms with E-state index in [-0.39, 0.29) is 28.7 Å². The molecule has 1 heterocycles. The molecule has 0 atom stereocenters. The Hall–Kier alpha value is -2.69. The van der Waals surface area contributed by atoms with Crippen LogP contribution < -0.4 is 10.1 Å². The molecule has 0 aliphatic heterocycles. The van der Waals surface area contributed by atoms with Crippen LogP contribution in [0.3, 0.4) is 0 Å². The maximum absolute atomic E-state index is 13.2. The van der Waals surface area contributed by atoms with E-state index in [1.54, 1.807) is 6.92 Å². The Bertz CT molecular complexity index is 1170. The molecule has 1 saturated carbocycles. The van der Waals surface area contributed by atoms with Crippen molar-refractivity contribution in [1.29, 1.82) is 0 Å². The molecule has 34 heavy (non-hydrogen) atoms. The van der Waals surface area contributed by atoms with Crippen molar-refractivity contribution in [1.82, 2.24) is 15.3 Å². The van der Waals surface area contributed by atoms with Crippen molar-refractivity contribution in [3.05, 3.63) is 47.4 Å². The average molecular weight is 500 g/mol. The number of carbonyl (C=O) groups excluding carboxylic acids is 1. The number of nitrogens with one attached hydrogen (secondary N) is 1. The molecule has 1 aromatic carbocycles. The predicted octanol–water partition coefficient (Wildman–Crippen LogP) is 4.35. The summed E-state index contributed by atoms with van der Waals surface area (Å²) < 4.78 is 69.9. The molecule has 3 rings (SSSR count). The number of hydrogen-bond donors (Lipinski definition) is 1. The lowest BCUT2D eigenvalue weighted by atomic mass is 9.73. The summed E-state index contributed by atoms with van der Waals surface area (Å²) in [5, 5.41) is 2.85. The highest BCUT2D eigenvalue weighted by molar-refractivity contribution is 7.92. The van der Waals surface area contributed by atoms with Gasteiger partial charge >= 0.3 is 6.18 Å². The first-order valence-corrected chi connectivity index (χ1v) is 12.3. The van der Waals surface area contributed by atoms with Gasteiger partial charge in [-0.25, -0.2) is 18.4 Å². The van der Waals surface area contributed by atoms with Crippen LogP contribution in [-0.2, 0) is 16.0 Å². The van der Waals surface area contributed by atoms with Gasteiger partial charge in [0.05, 0.1) is 21.3 Å². The molecule has 1 aliphatic rings. The minimum atomic E-state index is -4.64. The third-order valence-electron chi connectivity index (χ3n) is 6.22. The second kappa shape index (κ2) is 9.16. The van der Waals surface area contributed by atoms with Crippen LogP contribution in [0, 0.1) is 12.8 Å². The van der Waals surface area contributed by atoms with E-state index in [1.807, 2.05) is 13.8 Å².